The lowest BCUT2D eigenvalue weighted by atomic mass is 9.33. The molecule has 4 heterocycles. The molecule has 0 radical (unpaired) electrons. The maximum atomic E-state index is 6.90. The Bertz CT molecular complexity index is 4780. The molecule has 0 fully saturated rings. The Morgan fingerprint density at radius 3 is 1.00 bits per heavy atom. The molecule has 410 valence electrons. The standard InChI is InChI=1S/C82H57BN2O2/c1-82(2,3)58-50-73-77-74(51-58)85(79-61(54-28-12-6-13-29-54)36-21-37-62(79)55-30-14-7-15-31-55)72-47-45-57(64-39-23-41-68-66-33-17-19-43-76(66)87-81(64)68)49-70(72)83(77)69-48-56(63-38-22-40-67-65-32-16-18-42-75(65)86-80(63)67)44-46-71(69)84(73)78-59(52-24-8-4-9-25-52)34-20-35-60(78)53-26-10-5-11-27-53/h4-51H,1-3H3. The molecule has 0 unspecified atom stereocenters. The first-order chi connectivity index (χ1) is 42.8. The molecule has 2 aliphatic rings. The molecule has 0 N–H and O–H groups in total. The summed E-state index contributed by atoms with van der Waals surface area (Å²) in [5, 5.41) is 4.42. The molecular weight excluding hydrogens is 1060 g/mol. The van der Waals surface area contributed by atoms with E-state index in [1.807, 2.05) is 0 Å². The van der Waals surface area contributed by atoms with Crippen molar-refractivity contribution >= 4 is 101 Å². The maximum Gasteiger partial charge on any atom is 0.252 e. The van der Waals surface area contributed by atoms with Crippen molar-refractivity contribution in [1.82, 2.24) is 0 Å². The summed E-state index contributed by atoms with van der Waals surface area (Å²) in [5.74, 6) is 0. The Morgan fingerprint density at radius 2 is 0.621 bits per heavy atom. The van der Waals surface area contributed by atoms with Crippen LogP contribution in [0.3, 0.4) is 0 Å². The number of benzene rings is 13. The normalized spacial score (nSPS) is 12.7. The van der Waals surface area contributed by atoms with Crippen LogP contribution in [0.5, 0.6) is 0 Å². The summed E-state index contributed by atoms with van der Waals surface area (Å²) in [5.41, 5.74) is 28.2. The highest BCUT2D eigenvalue weighted by atomic mass is 16.3. The van der Waals surface area contributed by atoms with Gasteiger partial charge in [-0.15, -0.1) is 0 Å². The van der Waals surface area contributed by atoms with Crippen LogP contribution in [0, 0.1) is 0 Å². The first-order valence-electron chi connectivity index (χ1n) is 30.2. The summed E-state index contributed by atoms with van der Waals surface area (Å²) in [7, 11) is 0. The van der Waals surface area contributed by atoms with Crippen LogP contribution in [-0.2, 0) is 5.41 Å². The molecule has 0 amide bonds. The summed E-state index contributed by atoms with van der Waals surface area (Å²) >= 11 is 0. The van der Waals surface area contributed by atoms with Gasteiger partial charge in [0.1, 0.15) is 22.3 Å². The minimum Gasteiger partial charge on any atom is -0.455 e. The molecule has 2 aromatic heterocycles. The summed E-state index contributed by atoms with van der Waals surface area (Å²) in [6.45, 7) is 6.81. The van der Waals surface area contributed by atoms with Crippen molar-refractivity contribution < 1.29 is 8.83 Å². The summed E-state index contributed by atoms with van der Waals surface area (Å²) in [4.78, 5) is 5.28. The third-order valence-electron chi connectivity index (χ3n) is 18.2. The van der Waals surface area contributed by atoms with Crippen LogP contribution < -0.4 is 26.2 Å². The highest BCUT2D eigenvalue weighted by molar-refractivity contribution is 7.00. The van der Waals surface area contributed by atoms with Crippen molar-refractivity contribution in [2.45, 2.75) is 26.2 Å². The highest BCUT2D eigenvalue weighted by Gasteiger charge is 2.46. The van der Waals surface area contributed by atoms with Crippen molar-refractivity contribution in [2.24, 2.45) is 0 Å². The van der Waals surface area contributed by atoms with E-state index in [0.29, 0.717) is 0 Å². The molecule has 0 spiro atoms. The molecule has 13 aromatic carbocycles. The van der Waals surface area contributed by atoms with E-state index >= 15 is 0 Å². The first kappa shape index (κ1) is 50.6. The third-order valence-corrected chi connectivity index (χ3v) is 18.2. The van der Waals surface area contributed by atoms with E-state index in [9.17, 15) is 0 Å². The molecule has 5 heteroatoms. The largest absolute Gasteiger partial charge is 0.455 e. The van der Waals surface area contributed by atoms with E-state index in [1.165, 1.54) is 22.0 Å². The molecule has 0 atom stereocenters. The Hall–Kier alpha value is -10.9. The van der Waals surface area contributed by atoms with E-state index in [-0.39, 0.29) is 12.1 Å². The zero-order valence-corrected chi connectivity index (χ0v) is 48.5. The molecule has 0 saturated heterocycles. The van der Waals surface area contributed by atoms with Gasteiger partial charge < -0.3 is 18.6 Å². The van der Waals surface area contributed by atoms with E-state index < -0.39 is 0 Å². The van der Waals surface area contributed by atoms with E-state index in [4.69, 9.17) is 8.83 Å². The molecule has 0 saturated carbocycles. The second kappa shape index (κ2) is 19.9. The van der Waals surface area contributed by atoms with Gasteiger partial charge in [-0.05, 0) is 97.1 Å². The van der Waals surface area contributed by atoms with Gasteiger partial charge in [-0.3, -0.25) is 0 Å². The van der Waals surface area contributed by atoms with Gasteiger partial charge in [-0.1, -0.05) is 276 Å². The van der Waals surface area contributed by atoms with Crippen LogP contribution in [0.2, 0.25) is 0 Å². The number of furan rings is 2. The van der Waals surface area contributed by atoms with Crippen molar-refractivity contribution in [1.29, 1.82) is 0 Å². The minimum atomic E-state index is -0.272. The molecule has 4 nitrogen and oxygen atoms in total. The predicted molar refractivity (Wildman–Crippen MR) is 366 cm³/mol. The second-order valence-corrected chi connectivity index (χ2v) is 24.3. The fraction of sp³-hybridized carbons (Fsp3) is 0.0488. The van der Waals surface area contributed by atoms with Crippen LogP contribution in [0.4, 0.5) is 34.1 Å². The van der Waals surface area contributed by atoms with Crippen molar-refractivity contribution in [3.05, 3.63) is 297 Å². The topological polar surface area (TPSA) is 32.8 Å². The van der Waals surface area contributed by atoms with E-state index in [0.717, 1.165) is 145 Å². The Kier molecular flexibility index (Phi) is 11.6. The molecule has 87 heavy (non-hydrogen) atoms. The SMILES string of the molecule is CC(C)(C)c1cc2c3c(c1)N(c1c(-c4ccccc4)cccc1-c1ccccc1)c1ccc(-c4cccc5c4oc4ccccc45)cc1B3c1cc(-c3cccc4c3oc3ccccc34)ccc1N2c1c(-c2ccccc2)cccc1-c1ccccc1. The van der Waals surface area contributed by atoms with Gasteiger partial charge in [0, 0.05) is 77.7 Å². The lowest BCUT2D eigenvalue weighted by molar-refractivity contribution is 0.590. The van der Waals surface area contributed by atoms with Gasteiger partial charge in [-0.2, -0.15) is 0 Å². The van der Waals surface area contributed by atoms with E-state index in [2.05, 4.69) is 322 Å². The number of para-hydroxylation sites is 6. The van der Waals surface area contributed by atoms with Crippen LogP contribution in [0.1, 0.15) is 26.3 Å². The lowest BCUT2D eigenvalue weighted by Crippen LogP contribution is -2.61. The molecule has 2 aliphatic heterocycles. The lowest BCUT2D eigenvalue weighted by Gasteiger charge is -2.46. The van der Waals surface area contributed by atoms with Gasteiger partial charge in [0.2, 0.25) is 0 Å². The number of hydrogen-bond donors (Lipinski definition) is 0. The molecular formula is C82H57BN2O2. The zero-order valence-electron chi connectivity index (χ0n) is 48.5. The summed E-state index contributed by atoms with van der Waals surface area (Å²) in [6, 6.07) is 107. The van der Waals surface area contributed by atoms with Gasteiger partial charge in [0.05, 0.1) is 11.4 Å². The number of rotatable bonds is 8. The summed E-state index contributed by atoms with van der Waals surface area (Å²) < 4.78 is 13.8. The smallest absolute Gasteiger partial charge is 0.252 e. The van der Waals surface area contributed by atoms with Gasteiger partial charge in [0.15, 0.2) is 0 Å². The minimum absolute atomic E-state index is 0.265. The predicted octanol–water partition coefficient (Wildman–Crippen LogP) is 20.9. The molecule has 0 aliphatic carbocycles. The van der Waals surface area contributed by atoms with E-state index in [1.54, 1.807) is 0 Å². The third kappa shape index (κ3) is 8.07. The van der Waals surface area contributed by atoms with Crippen LogP contribution in [0.25, 0.3) is 111 Å². The average Bonchev–Trinajstić information content (AvgIpc) is 1.35. The Balaban J connectivity index is 1.04. The number of fused-ring (bicyclic) bond motifs is 10. The molecule has 17 rings (SSSR count). The van der Waals surface area contributed by atoms with Gasteiger partial charge >= 0.3 is 0 Å². The zero-order chi connectivity index (χ0) is 57.9. The van der Waals surface area contributed by atoms with Crippen molar-refractivity contribution in [3.8, 4) is 66.8 Å². The molecule has 15 aromatic rings. The number of hydrogen-bond acceptors (Lipinski definition) is 4. The summed E-state index contributed by atoms with van der Waals surface area (Å²) in [6.07, 6.45) is 0. The van der Waals surface area contributed by atoms with Gasteiger partial charge in [0.25, 0.3) is 6.71 Å². The van der Waals surface area contributed by atoms with Crippen LogP contribution in [-0.4, -0.2) is 6.71 Å². The van der Waals surface area contributed by atoms with Crippen LogP contribution >= 0.6 is 0 Å². The monoisotopic (exact) mass is 1110 g/mol. The quantitative estimate of drug-likeness (QED) is 0.142. The highest BCUT2D eigenvalue weighted by Crippen LogP contribution is 2.54. The molecule has 0 bridgehead atoms. The van der Waals surface area contributed by atoms with Crippen molar-refractivity contribution in [2.75, 3.05) is 9.80 Å². The van der Waals surface area contributed by atoms with Crippen LogP contribution in [0.15, 0.2) is 300 Å². The number of anilines is 6. The fourth-order valence-corrected chi connectivity index (χ4v) is 14.2. The first-order valence-corrected chi connectivity index (χ1v) is 30.2. The van der Waals surface area contributed by atoms with Crippen molar-refractivity contribution in [3.63, 3.8) is 0 Å². The average molecular weight is 1110 g/mol. The maximum absolute atomic E-state index is 6.90. The Labute approximate surface area is 506 Å². The number of nitrogens with zero attached hydrogens (tertiary/aromatic N) is 2. The van der Waals surface area contributed by atoms with Gasteiger partial charge in [-0.25, -0.2) is 0 Å². The fourth-order valence-electron chi connectivity index (χ4n) is 14.2. The Morgan fingerprint density at radius 1 is 0.287 bits per heavy atom. The second-order valence-electron chi connectivity index (χ2n) is 24.3.